The smallest absolute Gasteiger partial charge is 0.242 e. The van der Waals surface area contributed by atoms with Crippen LogP contribution in [0.4, 0.5) is 11.5 Å². The van der Waals surface area contributed by atoms with Gasteiger partial charge in [-0.25, -0.2) is 4.98 Å². The lowest BCUT2D eigenvalue weighted by molar-refractivity contribution is 0.399. The van der Waals surface area contributed by atoms with Crippen LogP contribution in [0.2, 0.25) is 0 Å². The van der Waals surface area contributed by atoms with Crippen molar-refractivity contribution in [1.29, 1.82) is 0 Å². The molecule has 0 amide bonds. The van der Waals surface area contributed by atoms with Crippen LogP contribution in [0.5, 0.6) is 5.88 Å². The maximum atomic E-state index is 5.85. The number of hydrogen-bond donors (Lipinski definition) is 2. The van der Waals surface area contributed by atoms with Gasteiger partial charge in [-0.15, -0.1) is 11.3 Å². The van der Waals surface area contributed by atoms with E-state index in [9.17, 15) is 0 Å². The SMILES string of the molecule is COc1ncnc(NCc2sccc2Br)c1N. The molecule has 0 saturated carbocycles. The van der Waals surface area contributed by atoms with Gasteiger partial charge in [-0.1, -0.05) is 0 Å². The number of nitrogen functional groups attached to an aromatic ring is 1. The van der Waals surface area contributed by atoms with E-state index in [0.29, 0.717) is 23.9 Å². The minimum absolute atomic E-state index is 0.382. The molecule has 0 aromatic carbocycles. The summed E-state index contributed by atoms with van der Waals surface area (Å²) in [5, 5.41) is 5.17. The molecule has 0 unspecified atom stereocenters. The number of thiophene rings is 1. The Labute approximate surface area is 111 Å². The summed E-state index contributed by atoms with van der Waals surface area (Å²) in [7, 11) is 1.53. The van der Waals surface area contributed by atoms with Gasteiger partial charge in [-0.3, -0.25) is 0 Å². The molecule has 2 heterocycles. The number of rotatable bonds is 4. The third kappa shape index (κ3) is 2.67. The van der Waals surface area contributed by atoms with Crippen LogP contribution in [0.1, 0.15) is 4.88 Å². The van der Waals surface area contributed by atoms with Gasteiger partial charge in [0.05, 0.1) is 13.7 Å². The van der Waals surface area contributed by atoms with Crippen molar-refractivity contribution in [3.63, 3.8) is 0 Å². The molecule has 0 aliphatic heterocycles. The Morgan fingerprint density at radius 2 is 2.35 bits per heavy atom. The van der Waals surface area contributed by atoms with E-state index < -0.39 is 0 Å². The minimum Gasteiger partial charge on any atom is -0.479 e. The lowest BCUT2D eigenvalue weighted by Gasteiger charge is -2.09. The van der Waals surface area contributed by atoms with E-state index in [-0.39, 0.29) is 0 Å². The van der Waals surface area contributed by atoms with E-state index in [1.807, 2.05) is 11.4 Å². The fourth-order valence-electron chi connectivity index (χ4n) is 1.30. The summed E-state index contributed by atoms with van der Waals surface area (Å²) < 4.78 is 6.10. The molecular formula is C10H11BrN4OS. The van der Waals surface area contributed by atoms with Crippen molar-refractivity contribution in [1.82, 2.24) is 9.97 Å². The Kier molecular flexibility index (Phi) is 3.80. The maximum absolute atomic E-state index is 5.85. The van der Waals surface area contributed by atoms with Crippen LogP contribution in [0.15, 0.2) is 22.2 Å². The number of hydrogen-bond acceptors (Lipinski definition) is 6. The number of nitrogens with zero attached hydrogens (tertiary/aromatic N) is 2. The second kappa shape index (κ2) is 5.33. The van der Waals surface area contributed by atoms with Crippen LogP contribution in [0, 0.1) is 0 Å². The van der Waals surface area contributed by atoms with Crippen molar-refractivity contribution in [3.05, 3.63) is 27.1 Å². The van der Waals surface area contributed by atoms with Crippen molar-refractivity contribution < 1.29 is 4.74 Å². The minimum atomic E-state index is 0.382. The quantitative estimate of drug-likeness (QED) is 0.907. The van der Waals surface area contributed by atoms with Gasteiger partial charge in [-0.2, -0.15) is 4.98 Å². The average Bonchev–Trinajstić information content (AvgIpc) is 2.74. The Morgan fingerprint density at radius 3 is 3.00 bits per heavy atom. The highest BCUT2D eigenvalue weighted by molar-refractivity contribution is 9.10. The molecule has 0 spiro atoms. The van der Waals surface area contributed by atoms with Gasteiger partial charge in [-0.05, 0) is 27.4 Å². The first-order valence-corrected chi connectivity index (χ1v) is 6.50. The van der Waals surface area contributed by atoms with Gasteiger partial charge in [0, 0.05) is 9.35 Å². The van der Waals surface area contributed by atoms with E-state index in [0.717, 1.165) is 4.47 Å². The second-order valence-corrected chi connectivity index (χ2v) is 5.05. The van der Waals surface area contributed by atoms with Gasteiger partial charge in [0.15, 0.2) is 5.82 Å². The molecule has 2 aromatic heterocycles. The van der Waals surface area contributed by atoms with Crippen LogP contribution in [-0.4, -0.2) is 17.1 Å². The summed E-state index contributed by atoms with van der Waals surface area (Å²) in [5.74, 6) is 0.963. The normalized spacial score (nSPS) is 10.2. The molecule has 3 N–H and O–H groups in total. The molecule has 2 rings (SSSR count). The number of ether oxygens (including phenoxy) is 1. The monoisotopic (exact) mass is 314 g/mol. The summed E-state index contributed by atoms with van der Waals surface area (Å²) >= 11 is 5.13. The molecule has 17 heavy (non-hydrogen) atoms. The molecule has 0 fully saturated rings. The van der Waals surface area contributed by atoms with Crippen LogP contribution in [0.25, 0.3) is 0 Å². The fraction of sp³-hybridized carbons (Fsp3) is 0.200. The summed E-state index contributed by atoms with van der Waals surface area (Å²) in [6, 6.07) is 2.01. The van der Waals surface area contributed by atoms with E-state index in [4.69, 9.17) is 10.5 Å². The van der Waals surface area contributed by atoms with E-state index in [1.54, 1.807) is 11.3 Å². The number of anilines is 2. The number of aromatic nitrogens is 2. The number of nitrogens with two attached hydrogens (primary N) is 1. The van der Waals surface area contributed by atoms with Crippen LogP contribution >= 0.6 is 27.3 Å². The summed E-state index contributed by atoms with van der Waals surface area (Å²) in [6.45, 7) is 0.655. The van der Waals surface area contributed by atoms with Crippen LogP contribution in [0.3, 0.4) is 0 Å². The Morgan fingerprint density at radius 1 is 1.53 bits per heavy atom. The lowest BCUT2D eigenvalue weighted by Crippen LogP contribution is -2.06. The first kappa shape index (κ1) is 12.1. The van der Waals surface area contributed by atoms with E-state index in [2.05, 4.69) is 31.2 Å². The summed E-state index contributed by atoms with van der Waals surface area (Å²) in [6.07, 6.45) is 1.42. The zero-order valence-electron chi connectivity index (χ0n) is 9.11. The number of methoxy groups -OCH3 is 1. The molecule has 90 valence electrons. The lowest BCUT2D eigenvalue weighted by atomic mass is 10.4. The van der Waals surface area contributed by atoms with Crippen LogP contribution < -0.4 is 15.8 Å². The highest BCUT2D eigenvalue weighted by atomic mass is 79.9. The van der Waals surface area contributed by atoms with Crippen molar-refractivity contribution in [2.75, 3.05) is 18.2 Å². The largest absolute Gasteiger partial charge is 0.479 e. The second-order valence-electron chi connectivity index (χ2n) is 3.19. The topological polar surface area (TPSA) is 73.1 Å². The number of halogens is 1. The van der Waals surface area contributed by atoms with Crippen molar-refractivity contribution >= 4 is 38.8 Å². The summed E-state index contributed by atoms with van der Waals surface area (Å²) in [4.78, 5) is 9.18. The molecule has 2 aromatic rings. The molecular weight excluding hydrogens is 304 g/mol. The van der Waals surface area contributed by atoms with Crippen molar-refractivity contribution in [2.45, 2.75) is 6.54 Å². The van der Waals surface area contributed by atoms with Crippen molar-refractivity contribution in [2.24, 2.45) is 0 Å². The standard InChI is InChI=1S/C10H11BrN4OS/c1-16-10-8(12)9(14-5-15-10)13-4-7-6(11)2-3-17-7/h2-3,5H,4,12H2,1H3,(H,13,14,15). The highest BCUT2D eigenvalue weighted by Crippen LogP contribution is 2.27. The summed E-state index contributed by atoms with van der Waals surface area (Å²) in [5.41, 5.74) is 6.27. The third-order valence-electron chi connectivity index (χ3n) is 2.15. The van der Waals surface area contributed by atoms with Gasteiger partial charge in [0.2, 0.25) is 5.88 Å². The van der Waals surface area contributed by atoms with Gasteiger partial charge >= 0.3 is 0 Å². The molecule has 7 heteroatoms. The van der Waals surface area contributed by atoms with Crippen LogP contribution in [-0.2, 0) is 6.54 Å². The molecule has 0 bridgehead atoms. The zero-order valence-corrected chi connectivity index (χ0v) is 11.5. The first-order chi connectivity index (χ1) is 8.22. The third-order valence-corrected chi connectivity index (χ3v) is 4.07. The molecule has 0 atom stereocenters. The Hall–Kier alpha value is -1.34. The van der Waals surface area contributed by atoms with Gasteiger partial charge < -0.3 is 15.8 Å². The first-order valence-electron chi connectivity index (χ1n) is 4.82. The van der Waals surface area contributed by atoms with Gasteiger partial charge in [0.1, 0.15) is 12.0 Å². The van der Waals surface area contributed by atoms with E-state index >= 15 is 0 Å². The highest BCUT2D eigenvalue weighted by Gasteiger charge is 2.08. The predicted molar refractivity (Wildman–Crippen MR) is 72.3 cm³/mol. The zero-order chi connectivity index (χ0) is 12.3. The molecule has 0 saturated heterocycles. The molecule has 0 aliphatic rings. The fourth-order valence-corrected chi connectivity index (χ4v) is 2.73. The molecule has 0 radical (unpaired) electrons. The number of nitrogens with one attached hydrogen (secondary N) is 1. The molecule has 0 aliphatic carbocycles. The molecule has 5 nitrogen and oxygen atoms in total. The Balaban J connectivity index is 2.12. The predicted octanol–water partition coefficient (Wildman–Crippen LogP) is 2.50. The Bertz CT molecular complexity index is 517. The van der Waals surface area contributed by atoms with Crippen molar-refractivity contribution in [3.8, 4) is 5.88 Å². The van der Waals surface area contributed by atoms with E-state index in [1.165, 1.54) is 18.3 Å². The van der Waals surface area contributed by atoms with Gasteiger partial charge in [0.25, 0.3) is 0 Å². The average molecular weight is 315 g/mol. The maximum Gasteiger partial charge on any atom is 0.242 e.